The van der Waals surface area contributed by atoms with Gasteiger partial charge in [-0.2, -0.15) is 4.98 Å². The molecule has 0 unspecified atom stereocenters. The molecule has 1 aliphatic rings. The third kappa shape index (κ3) is 2.81. The summed E-state index contributed by atoms with van der Waals surface area (Å²) in [4.78, 5) is 26.8. The van der Waals surface area contributed by atoms with Crippen molar-refractivity contribution in [1.82, 2.24) is 15.0 Å². The summed E-state index contributed by atoms with van der Waals surface area (Å²) in [7, 11) is 0. The van der Waals surface area contributed by atoms with Crippen LogP contribution in [0.5, 0.6) is 0 Å². The fourth-order valence-corrected chi connectivity index (χ4v) is 3.21. The Balaban J connectivity index is 1.74. The van der Waals surface area contributed by atoms with Gasteiger partial charge >= 0.3 is 6.09 Å². The molecule has 1 fully saturated rings. The zero-order chi connectivity index (χ0) is 16.7. The van der Waals surface area contributed by atoms with Gasteiger partial charge in [0.2, 0.25) is 5.95 Å². The van der Waals surface area contributed by atoms with E-state index in [2.05, 4.69) is 20.3 Å². The molecular weight excluding hydrogens is 328 g/mol. The smallest absolute Gasteiger partial charge is 0.409 e. The maximum Gasteiger partial charge on any atom is 0.409 e. The summed E-state index contributed by atoms with van der Waals surface area (Å²) in [5.41, 5.74) is 7.76. The van der Waals surface area contributed by atoms with Gasteiger partial charge in [0.05, 0.1) is 6.20 Å². The normalized spacial score (nSPS) is 13.8. The highest BCUT2D eigenvalue weighted by Crippen LogP contribution is 2.38. The van der Waals surface area contributed by atoms with Gasteiger partial charge in [-0.05, 0) is 31.0 Å². The monoisotopic (exact) mass is 342 g/mol. The van der Waals surface area contributed by atoms with Crippen LogP contribution in [0.3, 0.4) is 0 Å². The quantitative estimate of drug-likeness (QED) is 0.667. The third-order valence-electron chi connectivity index (χ3n) is 3.66. The molecule has 0 atom stereocenters. The topological polar surface area (TPSA) is 117 Å². The predicted octanol–water partition coefficient (Wildman–Crippen LogP) is 3.06. The number of nitrogens with two attached hydrogens (primary N) is 1. The average Bonchev–Trinajstić information content (AvgIpc) is 3.27. The molecule has 2 aromatic heterocycles. The maximum atomic E-state index is 10.8. The van der Waals surface area contributed by atoms with E-state index in [4.69, 9.17) is 10.8 Å². The van der Waals surface area contributed by atoms with Crippen molar-refractivity contribution in [1.29, 1.82) is 0 Å². The Kier molecular flexibility index (Phi) is 3.42. The van der Waals surface area contributed by atoms with Gasteiger partial charge in [0.1, 0.15) is 5.52 Å². The van der Waals surface area contributed by atoms with Crippen LogP contribution < -0.4 is 16.0 Å². The van der Waals surface area contributed by atoms with Gasteiger partial charge in [-0.3, -0.25) is 5.32 Å². The standard InChI is InChI=1S/C15H14N6O2S/c16-13-19-11-7-17-14(20-12(11)24-13)21(9-4-5-9)10-3-1-2-8(6-10)18-15(22)23/h1-3,6-7,9,18H,4-5H2,(H2,16,19)(H,22,23). The minimum atomic E-state index is -1.09. The summed E-state index contributed by atoms with van der Waals surface area (Å²) in [6.07, 6.45) is 2.66. The summed E-state index contributed by atoms with van der Waals surface area (Å²) >= 11 is 1.32. The van der Waals surface area contributed by atoms with Crippen molar-refractivity contribution in [3.8, 4) is 0 Å². The number of fused-ring (bicyclic) bond motifs is 1. The SMILES string of the molecule is Nc1nc2cnc(N(c3cccc(NC(=O)O)c3)C3CC3)nc2s1. The Morgan fingerprint density at radius 3 is 2.96 bits per heavy atom. The summed E-state index contributed by atoms with van der Waals surface area (Å²) in [5.74, 6) is 0.570. The lowest BCUT2D eigenvalue weighted by molar-refractivity contribution is 0.210. The maximum absolute atomic E-state index is 10.8. The van der Waals surface area contributed by atoms with Gasteiger partial charge < -0.3 is 15.7 Å². The molecule has 3 aromatic rings. The van der Waals surface area contributed by atoms with Crippen molar-refractivity contribution in [2.45, 2.75) is 18.9 Å². The number of nitrogen functional groups attached to an aromatic ring is 1. The minimum absolute atomic E-state index is 0.313. The van der Waals surface area contributed by atoms with Crippen LogP contribution in [0.4, 0.5) is 27.2 Å². The highest BCUT2D eigenvalue weighted by atomic mass is 32.1. The largest absolute Gasteiger partial charge is 0.465 e. The summed E-state index contributed by atoms with van der Waals surface area (Å²) in [6, 6.07) is 7.52. The summed E-state index contributed by atoms with van der Waals surface area (Å²) in [6.45, 7) is 0. The molecule has 122 valence electrons. The molecule has 24 heavy (non-hydrogen) atoms. The molecule has 0 spiro atoms. The van der Waals surface area contributed by atoms with Crippen LogP contribution in [0, 0.1) is 0 Å². The average molecular weight is 342 g/mol. The second-order valence-corrected chi connectivity index (χ2v) is 6.50. The Morgan fingerprint density at radius 1 is 1.38 bits per heavy atom. The van der Waals surface area contributed by atoms with Crippen LogP contribution in [0.15, 0.2) is 30.5 Å². The van der Waals surface area contributed by atoms with Crippen molar-refractivity contribution >= 4 is 50.2 Å². The van der Waals surface area contributed by atoms with Gasteiger partial charge in [0, 0.05) is 17.4 Å². The predicted molar refractivity (Wildman–Crippen MR) is 92.9 cm³/mol. The first kappa shape index (κ1) is 14.6. The highest BCUT2D eigenvalue weighted by Gasteiger charge is 2.32. The van der Waals surface area contributed by atoms with Gasteiger partial charge in [0.25, 0.3) is 0 Å². The number of nitrogens with one attached hydrogen (secondary N) is 1. The van der Waals surface area contributed by atoms with Crippen LogP contribution in [0.25, 0.3) is 10.3 Å². The molecule has 0 aliphatic heterocycles. The first-order valence-corrected chi connectivity index (χ1v) is 8.20. The van der Waals surface area contributed by atoms with Gasteiger partial charge in [-0.15, -0.1) is 0 Å². The second-order valence-electron chi connectivity index (χ2n) is 5.49. The van der Waals surface area contributed by atoms with Gasteiger partial charge in [-0.1, -0.05) is 17.4 Å². The number of thiazole rings is 1. The lowest BCUT2D eigenvalue weighted by Crippen LogP contribution is -2.22. The van der Waals surface area contributed by atoms with E-state index in [-0.39, 0.29) is 0 Å². The molecule has 4 N–H and O–H groups in total. The molecular formula is C15H14N6O2S. The van der Waals surface area contributed by atoms with E-state index < -0.39 is 6.09 Å². The number of anilines is 4. The Labute approximate surface area is 141 Å². The lowest BCUT2D eigenvalue weighted by Gasteiger charge is -2.22. The second kappa shape index (κ2) is 5.60. The number of aromatic nitrogens is 3. The molecule has 8 nitrogen and oxygen atoms in total. The van der Waals surface area contributed by atoms with Crippen molar-refractivity contribution in [2.24, 2.45) is 0 Å². The van der Waals surface area contributed by atoms with E-state index in [1.807, 2.05) is 11.0 Å². The molecule has 1 aliphatic carbocycles. The zero-order valence-electron chi connectivity index (χ0n) is 12.5. The first-order chi connectivity index (χ1) is 11.6. The molecule has 9 heteroatoms. The molecule has 1 amide bonds. The van der Waals surface area contributed by atoms with Crippen molar-refractivity contribution in [3.05, 3.63) is 30.5 Å². The van der Waals surface area contributed by atoms with Crippen LogP contribution in [-0.2, 0) is 0 Å². The van der Waals surface area contributed by atoms with E-state index in [1.165, 1.54) is 11.3 Å². The molecule has 0 bridgehead atoms. The Morgan fingerprint density at radius 2 is 2.21 bits per heavy atom. The Hall–Kier alpha value is -2.94. The molecule has 4 rings (SSSR count). The van der Waals surface area contributed by atoms with Crippen molar-refractivity contribution in [3.63, 3.8) is 0 Å². The summed E-state index contributed by atoms with van der Waals surface area (Å²) < 4.78 is 0. The van der Waals surface area contributed by atoms with E-state index in [1.54, 1.807) is 24.4 Å². The van der Waals surface area contributed by atoms with Crippen molar-refractivity contribution in [2.75, 3.05) is 16.0 Å². The molecule has 1 saturated carbocycles. The van der Waals surface area contributed by atoms with Crippen LogP contribution in [0.2, 0.25) is 0 Å². The summed E-state index contributed by atoms with van der Waals surface area (Å²) in [5, 5.41) is 11.7. The Bertz CT molecular complexity index is 923. The molecule has 2 heterocycles. The number of carbonyl (C=O) groups is 1. The molecule has 1 aromatic carbocycles. The van der Waals surface area contributed by atoms with Crippen LogP contribution in [0.1, 0.15) is 12.8 Å². The van der Waals surface area contributed by atoms with Crippen LogP contribution >= 0.6 is 11.3 Å². The zero-order valence-corrected chi connectivity index (χ0v) is 13.3. The third-order valence-corrected chi connectivity index (χ3v) is 4.45. The number of carboxylic acid groups (broad SMARTS) is 1. The molecule has 0 saturated heterocycles. The number of rotatable bonds is 4. The number of nitrogens with zero attached hydrogens (tertiary/aromatic N) is 4. The number of hydrogen-bond acceptors (Lipinski definition) is 7. The van der Waals surface area contributed by atoms with Crippen LogP contribution in [-0.4, -0.2) is 32.2 Å². The van der Waals surface area contributed by atoms with E-state index in [0.29, 0.717) is 28.3 Å². The number of benzene rings is 1. The van der Waals surface area contributed by atoms with E-state index >= 15 is 0 Å². The van der Waals surface area contributed by atoms with Gasteiger partial charge in [0.15, 0.2) is 9.96 Å². The fourth-order valence-electron chi connectivity index (χ4n) is 2.54. The van der Waals surface area contributed by atoms with Gasteiger partial charge in [-0.25, -0.2) is 14.8 Å². The highest BCUT2D eigenvalue weighted by molar-refractivity contribution is 7.21. The minimum Gasteiger partial charge on any atom is -0.465 e. The first-order valence-electron chi connectivity index (χ1n) is 7.38. The fraction of sp³-hybridized carbons (Fsp3) is 0.200. The number of hydrogen-bond donors (Lipinski definition) is 3. The van der Waals surface area contributed by atoms with E-state index in [0.717, 1.165) is 23.4 Å². The van der Waals surface area contributed by atoms with Crippen molar-refractivity contribution < 1.29 is 9.90 Å². The van der Waals surface area contributed by atoms with E-state index in [9.17, 15) is 4.79 Å². The lowest BCUT2D eigenvalue weighted by atomic mass is 10.2. The number of amides is 1. The molecule has 0 radical (unpaired) electrons.